The van der Waals surface area contributed by atoms with Crippen LogP contribution in [0.4, 0.5) is 0 Å². The number of rotatable bonds is 6. The third kappa shape index (κ3) is 3.67. The van der Waals surface area contributed by atoms with Crippen molar-refractivity contribution in [2.45, 2.75) is 25.5 Å². The molecule has 1 aromatic carbocycles. The lowest BCUT2D eigenvalue weighted by Crippen LogP contribution is -2.46. The lowest BCUT2D eigenvalue weighted by Gasteiger charge is -2.38. The van der Waals surface area contributed by atoms with Crippen LogP contribution in [0.3, 0.4) is 0 Å². The quantitative estimate of drug-likeness (QED) is 0.867. The molecule has 1 heterocycles. The minimum absolute atomic E-state index is 0.183. The van der Waals surface area contributed by atoms with Gasteiger partial charge < -0.3 is 19.9 Å². The summed E-state index contributed by atoms with van der Waals surface area (Å²) < 4.78 is 16.4. The second kappa shape index (κ2) is 7.64. The van der Waals surface area contributed by atoms with Crippen molar-refractivity contribution in [2.75, 3.05) is 40.5 Å². The van der Waals surface area contributed by atoms with Gasteiger partial charge in [-0.3, -0.25) is 4.90 Å². The Kier molecular flexibility index (Phi) is 5.85. The number of morpholine rings is 1. The Balaban J connectivity index is 2.20. The van der Waals surface area contributed by atoms with Gasteiger partial charge in [-0.2, -0.15) is 0 Å². The molecule has 0 bridgehead atoms. The van der Waals surface area contributed by atoms with Crippen LogP contribution in [-0.4, -0.2) is 51.5 Å². The molecular weight excluding hydrogens is 268 g/mol. The molecule has 5 nitrogen and oxygen atoms in total. The number of hydrogen-bond acceptors (Lipinski definition) is 5. The van der Waals surface area contributed by atoms with Crippen molar-refractivity contribution in [1.29, 1.82) is 0 Å². The van der Waals surface area contributed by atoms with Gasteiger partial charge in [-0.25, -0.2) is 0 Å². The highest BCUT2D eigenvalue weighted by Crippen LogP contribution is 2.32. The minimum atomic E-state index is 0.183. The van der Waals surface area contributed by atoms with Crippen molar-refractivity contribution in [3.8, 4) is 11.5 Å². The Morgan fingerprint density at radius 1 is 1.33 bits per heavy atom. The van der Waals surface area contributed by atoms with E-state index in [-0.39, 0.29) is 6.04 Å². The first-order valence-electron chi connectivity index (χ1n) is 7.51. The van der Waals surface area contributed by atoms with Gasteiger partial charge in [0, 0.05) is 25.7 Å². The second-order valence-corrected chi connectivity index (χ2v) is 5.26. The second-order valence-electron chi connectivity index (χ2n) is 5.26. The summed E-state index contributed by atoms with van der Waals surface area (Å²) in [5.41, 5.74) is 7.19. The summed E-state index contributed by atoms with van der Waals surface area (Å²) in [5, 5.41) is 0. The maximum Gasteiger partial charge on any atom is 0.161 e. The minimum Gasteiger partial charge on any atom is -0.493 e. The molecule has 1 aliphatic heterocycles. The third-order valence-electron chi connectivity index (χ3n) is 4.08. The number of hydrogen-bond donors (Lipinski definition) is 1. The maximum atomic E-state index is 6.03. The summed E-state index contributed by atoms with van der Waals surface area (Å²) in [6, 6.07) is 6.21. The monoisotopic (exact) mass is 294 g/mol. The zero-order valence-electron chi connectivity index (χ0n) is 13.2. The van der Waals surface area contributed by atoms with Gasteiger partial charge in [-0.05, 0) is 24.1 Å². The molecule has 2 N–H and O–H groups in total. The molecule has 1 saturated heterocycles. The lowest BCUT2D eigenvalue weighted by atomic mass is 10.0. The third-order valence-corrected chi connectivity index (χ3v) is 4.08. The summed E-state index contributed by atoms with van der Waals surface area (Å²) in [4.78, 5) is 2.40. The van der Waals surface area contributed by atoms with Crippen LogP contribution in [0.2, 0.25) is 0 Å². The van der Waals surface area contributed by atoms with E-state index in [1.807, 2.05) is 12.1 Å². The van der Waals surface area contributed by atoms with E-state index in [2.05, 4.69) is 17.9 Å². The van der Waals surface area contributed by atoms with E-state index in [9.17, 15) is 0 Å². The van der Waals surface area contributed by atoms with Gasteiger partial charge in [0.2, 0.25) is 0 Å². The first-order chi connectivity index (χ1) is 10.2. The number of nitrogens with two attached hydrogens (primary N) is 1. The fourth-order valence-electron chi connectivity index (χ4n) is 2.83. The molecule has 5 heteroatoms. The lowest BCUT2D eigenvalue weighted by molar-refractivity contribution is -0.0437. The van der Waals surface area contributed by atoms with Crippen LogP contribution in [0.1, 0.15) is 24.9 Å². The van der Waals surface area contributed by atoms with Gasteiger partial charge in [0.1, 0.15) is 0 Å². The molecule has 2 unspecified atom stereocenters. The van der Waals surface area contributed by atoms with Crippen LogP contribution < -0.4 is 15.2 Å². The Bertz CT molecular complexity index is 453. The smallest absolute Gasteiger partial charge is 0.161 e. The van der Waals surface area contributed by atoms with E-state index in [1.165, 1.54) is 0 Å². The van der Waals surface area contributed by atoms with Gasteiger partial charge in [-0.15, -0.1) is 0 Å². The molecule has 0 aliphatic carbocycles. The van der Waals surface area contributed by atoms with E-state index >= 15 is 0 Å². The number of nitrogens with zero attached hydrogens (tertiary/aromatic N) is 1. The summed E-state index contributed by atoms with van der Waals surface area (Å²) in [5.74, 6) is 1.49. The van der Waals surface area contributed by atoms with Crippen LogP contribution in [0.5, 0.6) is 11.5 Å². The largest absolute Gasteiger partial charge is 0.493 e. The topological polar surface area (TPSA) is 57.0 Å². The molecule has 0 aromatic heterocycles. The predicted octanol–water partition coefficient (Wildman–Crippen LogP) is 1.81. The average molecular weight is 294 g/mol. The van der Waals surface area contributed by atoms with Crippen molar-refractivity contribution in [2.24, 2.45) is 5.73 Å². The van der Waals surface area contributed by atoms with Crippen LogP contribution in [0.15, 0.2) is 18.2 Å². The van der Waals surface area contributed by atoms with E-state index in [4.69, 9.17) is 19.9 Å². The highest BCUT2D eigenvalue weighted by Gasteiger charge is 2.26. The summed E-state index contributed by atoms with van der Waals surface area (Å²) >= 11 is 0. The summed E-state index contributed by atoms with van der Waals surface area (Å²) in [7, 11) is 3.30. The zero-order chi connectivity index (χ0) is 15.2. The normalized spacial score (nSPS) is 21.0. The maximum absolute atomic E-state index is 6.03. The van der Waals surface area contributed by atoms with Crippen LogP contribution in [-0.2, 0) is 4.74 Å². The van der Waals surface area contributed by atoms with Crippen LogP contribution >= 0.6 is 0 Å². The molecule has 0 spiro atoms. The molecule has 1 fully saturated rings. The highest BCUT2D eigenvalue weighted by molar-refractivity contribution is 5.43. The van der Waals surface area contributed by atoms with E-state index < -0.39 is 0 Å². The first kappa shape index (κ1) is 16.1. The van der Waals surface area contributed by atoms with Gasteiger partial charge in [0.05, 0.1) is 26.9 Å². The van der Waals surface area contributed by atoms with Crippen molar-refractivity contribution < 1.29 is 14.2 Å². The molecule has 0 saturated carbocycles. The predicted molar refractivity (Wildman–Crippen MR) is 82.9 cm³/mol. The molecule has 0 amide bonds. The van der Waals surface area contributed by atoms with Gasteiger partial charge in [0.25, 0.3) is 0 Å². The molecule has 118 valence electrons. The highest BCUT2D eigenvalue weighted by atomic mass is 16.5. The SMILES string of the molecule is CCC1CN(C(CN)c2ccc(OC)c(OC)c2)CCO1. The van der Waals surface area contributed by atoms with E-state index in [1.54, 1.807) is 14.2 Å². The molecule has 2 rings (SSSR count). The van der Waals surface area contributed by atoms with Crippen molar-refractivity contribution >= 4 is 0 Å². The Morgan fingerprint density at radius 3 is 2.71 bits per heavy atom. The van der Waals surface area contributed by atoms with Gasteiger partial charge in [0.15, 0.2) is 11.5 Å². The van der Waals surface area contributed by atoms with Crippen molar-refractivity contribution in [1.82, 2.24) is 4.90 Å². The molecule has 2 atom stereocenters. The number of ether oxygens (including phenoxy) is 3. The van der Waals surface area contributed by atoms with Crippen molar-refractivity contribution in [3.05, 3.63) is 23.8 Å². The summed E-state index contributed by atoms with van der Waals surface area (Å²) in [6.07, 6.45) is 1.33. The Morgan fingerprint density at radius 2 is 2.10 bits per heavy atom. The van der Waals surface area contributed by atoms with Gasteiger partial charge >= 0.3 is 0 Å². The number of benzene rings is 1. The molecule has 21 heavy (non-hydrogen) atoms. The molecule has 0 radical (unpaired) electrons. The van der Waals surface area contributed by atoms with E-state index in [0.717, 1.165) is 43.2 Å². The average Bonchev–Trinajstić information content (AvgIpc) is 2.55. The fraction of sp³-hybridized carbons (Fsp3) is 0.625. The zero-order valence-corrected chi connectivity index (χ0v) is 13.2. The van der Waals surface area contributed by atoms with Crippen LogP contribution in [0.25, 0.3) is 0 Å². The summed E-state index contributed by atoms with van der Waals surface area (Å²) in [6.45, 7) is 5.33. The molecular formula is C16H26N2O3. The van der Waals surface area contributed by atoms with Gasteiger partial charge in [-0.1, -0.05) is 13.0 Å². The Labute approximate surface area is 127 Å². The van der Waals surface area contributed by atoms with Crippen molar-refractivity contribution in [3.63, 3.8) is 0 Å². The molecule has 1 aliphatic rings. The van der Waals surface area contributed by atoms with Crippen LogP contribution in [0, 0.1) is 0 Å². The number of methoxy groups -OCH3 is 2. The fourth-order valence-corrected chi connectivity index (χ4v) is 2.83. The Hall–Kier alpha value is -1.30. The standard InChI is InChI=1S/C16H26N2O3/c1-4-13-11-18(7-8-21-13)14(10-17)12-5-6-15(19-2)16(9-12)20-3/h5-6,9,13-14H,4,7-8,10-11,17H2,1-3H3. The molecule has 1 aromatic rings. The first-order valence-corrected chi connectivity index (χ1v) is 7.51. The van der Waals surface area contributed by atoms with E-state index in [0.29, 0.717) is 12.6 Å².